The van der Waals surface area contributed by atoms with Crippen LogP contribution in [0.25, 0.3) is 0 Å². The highest BCUT2D eigenvalue weighted by molar-refractivity contribution is 7.89. The first kappa shape index (κ1) is 21.8. The number of nitrogens with one attached hydrogen (secondary N) is 1. The summed E-state index contributed by atoms with van der Waals surface area (Å²) in [5.74, 6) is 0.670. The molecule has 166 valence electrons. The second-order valence-corrected chi connectivity index (χ2v) is 10.5. The highest BCUT2D eigenvalue weighted by Gasteiger charge is 2.32. The van der Waals surface area contributed by atoms with Crippen molar-refractivity contribution in [3.8, 4) is 0 Å². The lowest BCUT2D eigenvalue weighted by Crippen LogP contribution is -2.41. The van der Waals surface area contributed by atoms with Crippen LogP contribution in [-0.4, -0.2) is 49.8 Å². The normalized spacial score (nSPS) is 18.3. The molecular formula is C23H30N4O3S. The molecule has 2 aliphatic rings. The summed E-state index contributed by atoms with van der Waals surface area (Å²) < 4.78 is 27.4. The van der Waals surface area contributed by atoms with E-state index in [1.165, 1.54) is 17.1 Å². The number of hydrogen-bond donors (Lipinski definition) is 1. The third-order valence-electron chi connectivity index (χ3n) is 6.39. The van der Waals surface area contributed by atoms with Crippen molar-refractivity contribution in [2.75, 3.05) is 36.4 Å². The minimum absolute atomic E-state index is 0.0704. The molecule has 0 radical (unpaired) electrons. The van der Waals surface area contributed by atoms with E-state index in [1.807, 2.05) is 32.0 Å². The number of carbonyl (C=O) groups is 1. The molecule has 2 fully saturated rings. The van der Waals surface area contributed by atoms with Crippen molar-refractivity contribution in [1.29, 1.82) is 0 Å². The van der Waals surface area contributed by atoms with E-state index in [9.17, 15) is 13.2 Å². The number of rotatable bonds is 5. The first-order valence-electron chi connectivity index (χ1n) is 10.9. The monoisotopic (exact) mass is 442 g/mol. The molecule has 2 saturated heterocycles. The topological polar surface area (TPSA) is 82.6 Å². The van der Waals surface area contributed by atoms with Gasteiger partial charge < -0.3 is 10.2 Å². The summed E-state index contributed by atoms with van der Waals surface area (Å²) >= 11 is 0. The molecule has 2 aliphatic heterocycles. The van der Waals surface area contributed by atoms with E-state index in [0.717, 1.165) is 30.0 Å². The zero-order valence-corrected chi connectivity index (χ0v) is 19.0. The second-order valence-electron chi connectivity index (χ2n) is 8.51. The first-order valence-corrected chi connectivity index (χ1v) is 12.4. The predicted molar refractivity (Wildman–Crippen MR) is 122 cm³/mol. The highest BCUT2D eigenvalue weighted by Crippen LogP contribution is 2.26. The summed E-state index contributed by atoms with van der Waals surface area (Å²) in [4.78, 5) is 19.7. The molecule has 1 amide bonds. The minimum Gasteiger partial charge on any atom is -0.357 e. The largest absolute Gasteiger partial charge is 0.357 e. The number of hydrogen-bond acceptors (Lipinski definition) is 5. The van der Waals surface area contributed by atoms with E-state index >= 15 is 0 Å². The van der Waals surface area contributed by atoms with E-state index in [4.69, 9.17) is 0 Å². The Hall–Kier alpha value is -2.45. The van der Waals surface area contributed by atoms with Crippen molar-refractivity contribution >= 4 is 27.4 Å². The van der Waals surface area contributed by atoms with Crippen molar-refractivity contribution in [3.05, 3.63) is 47.7 Å². The molecule has 1 N–H and O–H groups in total. The number of pyridine rings is 1. The molecule has 8 heteroatoms. The zero-order chi connectivity index (χ0) is 22.0. The fraction of sp³-hybridized carbons (Fsp3) is 0.478. The van der Waals surface area contributed by atoms with Gasteiger partial charge in [-0.2, -0.15) is 4.31 Å². The molecule has 0 saturated carbocycles. The van der Waals surface area contributed by atoms with Crippen LogP contribution in [-0.2, 0) is 14.8 Å². The van der Waals surface area contributed by atoms with Crippen LogP contribution < -0.4 is 10.2 Å². The number of amides is 1. The van der Waals surface area contributed by atoms with E-state index in [-0.39, 0.29) is 11.8 Å². The molecule has 31 heavy (non-hydrogen) atoms. The first-order chi connectivity index (χ1) is 14.8. The second kappa shape index (κ2) is 8.96. The van der Waals surface area contributed by atoms with Crippen molar-refractivity contribution in [2.45, 2.75) is 44.4 Å². The number of aryl methyl sites for hydroxylation is 2. The summed E-state index contributed by atoms with van der Waals surface area (Å²) in [6.07, 6.45) is 5.10. The van der Waals surface area contributed by atoms with Crippen LogP contribution >= 0.6 is 0 Å². The standard InChI is InChI=1S/C23H30N4O3S/c1-17-5-7-21(15-18(17)2)31(29,30)27-13-9-19(10-14-27)23(28)25-20-6-8-22(24-16-20)26-11-3-4-12-26/h5-8,15-16,19H,3-4,9-14H2,1-2H3,(H,25,28). The Morgan fingerprint density at radius 2 is 1.71 bits per heavy atom. The number of anilines is 2. The smallest absolute Gasteiger partial charge is 0.243 e. The molecule has 2 aromatic rings. The molecule has 3 heterocycles. The average molecular weight is 443 g/mol. The minimum atomic E-state index is -3.54. The maximum absolute atomic E-state index is 13.0. The van der Waals surface area contributed by atoms with Gasteiger partial charge in [-0.25, -0.2) is 13.4 Å². The molecule has 0 atom stereocenters. The number of benzene rings is 1. The predicted octanol–water partition coefficient (Wildman–Crippen LogP) is 3.34. The number of carbonyl (C=O) groups excluding carboxylic acids is 1. The Balaban J connectivity index is 1.33. The summed E-state index contributed by atoms with van der Waals surface area (Å²) in [5, 5.41) is 2.94. The number of sulfonamides is 1. The third kappa shape index (κ3) is 4.75. The molecule has 4 rings (SSSR count). The van der Waals surface area contributed by atoms with Crippen molar-refractivity contribution in [2.24, 2.45) is 5.92 Å². The Morgan fingerprint density at radius 3 is 2.32 bits per heavy atom. The van der Waals surface area contributed by atoms with Gasteiger partial charge in [0, 0.05) is 32.1 Å². The highest BCUT2D eigenvalue weighted by atomic mass is 32.2. The van der Waals surface area contributed by atoms with E-state index < -0.39 is 10.0 Å². The quantitative estimate of drug-likeness (QED) is 0.768. The molecule has 0 aliphatic carbocycles. The summed E-state index contributed by atoms with van der Waals surface area (Å²) in [6, 6.07) is 9.06. The Bertz CT molecular complexity index is 1040. The van der Waals surface area contributed by atoms with E-state index in [1.54, 1.807) is 18.3 Å². The van der Waals surface area contributed by atoms with Gasteiger partial charge >= 0.3 is 0 Å². The molecule has 7 nitrogen and oxygen atoms in total. The van der Waals surface area contributed by atoms with Gasteiger partial charge in [-0.3, -0.25) is 4.79 Å². The van der Waals surface area contributed by atoms with Crippen LogP contribution in [0.2, 0.25) is 0 Å². The zero-order valence-electron chi connectivity index (χ0n) is 18.2. The average Bonchev–Trinajstić information content (AvgIpc) is 3.31. The third-order valence-corrected chi connectivity index (χ3v) is 8.28. The lowest BCUT2D eigenvalue weighted by Gasteiger charge is -2.30. The fourth-order valence-corrected chi connectivity index (χ4v) is 5.77. The lowest BCUT2D eigenvalue weighted by atomic mass is 9.97. The van der Waals surface area contributed by atoms with Gasteiger partial charge in [0.05, 0.1) is 16.8 Å². The van der Waals surface area contributed by atoms with Crippen LogP contribution in [0, 0.1) is 19.8 Å². The summed E-state index contributed by atoms with van der Waals surface area (Å²) in [7, 11) is -3.54. The Morgan fingerprint density at radius 1 is 1.00 bits per heavy atom. The van der Waals surface area contributed by atoms with Crippen LogP contribution in [0.5, 0.6) is 0 Å². The van der Waals surface area contributed by atoms with Crippen LogP contribution in [0.3, 0.4) is 0 Å². The molecule has 1 aromatic heterocycles. The summed E-state index contributed by atoms with van der Waals surface area (Å²) in [5.41, 5.74) is 2.70. The maximum Gasteiger partial charge on any atom is 0.243 e. The van der Waals surface area contributed by atoms with Crippen molar-refractivity contribution in [3.63, 3.8) is 0 Å². The van der Waals surface area contributed by atoms with Gasteiger partial charge in [-0.15, -0.1) is 0 Å². The molecular weight excluding hydrogens is 412 g/mol. The maximum atomic E-state index is 13.0. The lowest BCUT2D eigenvalue weighted by molar-refractivity contribution is -0.120. The van der Waals surface area contributed by atoms with Crippen LogP contribution in [0.4, 0.5) is 11.5 Å². The van der Waals surface area contributed by atoms with Gasteiger partial charge in [-0.1, -0.05) is 6.07 Å². The number of aromatic nitrogens is 1. The Labute approximate surface area is 184 Å². The fourth-order valence-electron chi connectivity index (χ4n) is 4.22. The van der Waals surface area contributed by atoms with Gasteiger partial charge in [0.2, 0.25) is 15.9 Å². The van der Waals surface area contributed by atoms with E-state index in [2.05, 4.69) is 15.2 Å². The van der Waals surface area contributed by atoms with Crippen LogP contribution in [0.15, 0.2) is 41.4 Å². The molecule has 0 spiro atoms. The number of piperidine rings is 1. The van der Waals surface area contributed by atoms with Crippen LogP contribution in [0.1, 0.15) is 36.8 Å². The van der Waals surface area contributed by atoms with Crippen molar-refractivity contribution < 1.29 is 13.2 Å². The molecule has 0 unspecified atom stereocenters. The summed E-state index contributed by atoms with van der Waals surface area (Å²) in [6.45, 7) is 6.63. The van der Waals surface area contributed by atoms with E-state index in [0.29, 0.717) is 36.5 Å². The van der Waals surface area contributed by atoms with Gasteiger partial charge in [-0.05, 0) is 74.9 Å². The molecule has 1 aromatic carbocycles. The van der Waals surface area contributed by atoms with Gasteiger partial charge in [0.15, 0.2) is 0 Å². The number of nitrogens with zero attached hydrogens (tertiary/aromatic N) is 3. The van der Waals surface area contributed by atoms with Crippen molar-refractivity contribution in [1.82, 2.24) is 9.29 Å². The van der Waals surface area contributed by atoms with Gasteiger partial charge in [0.1, 0.15) is 5.82 Å². The Kier molecular flexibility index (Phi) is 6.29. The SMILES string of the molecule is Cc1ccc(S(=O)(=O)N2CCC(C(=O)Nc3ccc(N4CCCC4)nc3)CC2)cc1C. The molecule has 0 bridgehead atoms. The van der Waals surface area contributed by atoms with Gasteiger partial charge in [0.25, 0.3) is 0 Å².